The van der Waals surface area contributed by atoms with Crippen LogP contribution in [0.5, 0.6) is 11.5 Å². The number of methoxy groups -OCH3 is 1. The lowest BCUT2D eigenvalue weighted by Crippen LogP contribution is -2.38. The first kappa shape index (κ1) is 19.3. The number of aromatic nitrogens is 1. The molecule has 1 aliphatic heterocycles. The number of nitrogen functional groups attached to an aromatic ring is 1. The van der Waals surface area contributed by atoms with E-state index in [4.69, 9.17) is 15.2 Å². The number of likely N-dealkylation sites (tertiary alicyclic amines) is 1. The fourth-order valence-corrected chi connectivity index (χ4v) is 3.48. The van der Waals surface area contributed by atoms with Crippen LogP contribution >= 0.6 is 0 Å². The van der Waals surface area contributed by atoms with Gasteiger partial charge in [-0.3, -0.25) is 4.90 Å². The zero-order valence-electron chi connectivity index (χ0n) is 16.5. The van der Waals surface area contributed by atoms with Crippen LogP contribution in [0.2, 0.25) is 0 Å². The summed E-state index contributed by atoms with van der Waals surface area (Å²) in [5.41, 5.74) is 9.12. The minimum atomic E-state index is 0.473. The quantitative estimate of drug-likeness (QED) is 0.778. The third-order valence-corrected chi connectivity index (χ3v) is 5.01. The van der Waals surface area contributed by atoms with Gasteiger partial charge in [-0.25, -0.2) is 4.98 Å². The molecule has 1 aromatic carbocycles. The number of nitrogens with zero attached hydrogens (tertiary/aromatic N) is 2. The Bertz CT molecular complexity index is 758. The van der Waals surface area contributed by atoms with E-state index < -0.39 is 0 Å². The Morgan fingerprint density at radius 3 is 2.67 bits per heavy atom. The van der Waals surface area contributed by atoms with Gasteiger partial charge in [0.2, 0.25) is 0 Å². The van der Waals surface area contributed by atoms with E-state index in [0.717, 1.165) is 55.2 Å². The second kappa shape index (κ2) is 8.95. The van der Waals surface area contributed by atoms with Gasteiger partial charge in [0.15, 0.2) is 11.5 Å². The van der Waals surface area contributed by atoms with Crippen molar-refractivity contribution in [2.75, 3.05) is 37.9 Å². The zero-order valence-corrected chi connectivity index (χ0v) is 16.5. The monoisotopic (exact) mass is 370 g/mol. The number of nitrogens with one attached hydrogen (secondary N) is 1. The summed E-state index contributed by atoms with van der Waals surface area (Å²) >= 11 is 0. The fraction of sp³-hybridized carbons (Fsp3) is 0.476. The minimum Gasteiger partial charge on any atom is -0.493 e. The van der Waals surface area contributed by atoms with Gasteiger partial charge in [0.25, 0.3) is 0 Å². The van der Waals surface area contributed by atoms with Crippen LogP contribution in [0, 0.1) is 6.92 Å². The Morgan fingerprint density at radius 1 is 1.22 bits per heavy atom. The smallest absolute Gasteiger partial charge is 0.161 e. The molecule has 27 heavy (non-hydrogen) atoms. The summed E-state index contributed by atoms with van der Waals surface area (Å²) in [6.45, 7) is 7.67. The summed E-state index contributed by atoms with van der Waals surface area (Å²) < 4.78 is 11.1. The van der Waals surface area contributed by atoms with Crippen molar-refractivity contribution in [2.45, 2.75) is 39.3 Å². The summed E-state index contributed by atoms with van der Waals surface area (Å²) in [5, 5.41) is 3.59. The molecule has 146 valence electrons. The second-order valence-corrected chi connectivity index (χ2v) is 7.04. The first-order chi connectivity index (χ1) is 13.1. The lowest BCUT2D eigenvalue weighted by Gasteiger charge is -2.33. The van der Waals surface area contributed by atoms with Crippen LogP contribution in [0.4, 0.5) is 11.5 Å². The minimum absolute atomic E-state index is 0.473. The maximum atomic E-state index is 5.80. The lowest BCUT2D eigenvalue weighted by atomic mass is 10.0. The summed E-state index contributed by atoms with van der Waals surface area (Å²) in [6, 6.07) is 8.75. The normalized spacial score (nSPS) is 15.5. The van der Waals surface area contributed by atoms with Gasteiger partial charge >= 0.3 is 0 Å². The number of piperidine rings is 1. The second-order valence-electron chi connectivity index (χ2n) is 7.04. The molecule has 3 rings (SSSR count). The van der Waals surface area contributed by atoms with Gasteiger partial charge in [-0.05, 0) is 56.0 Å². The van der Waals surface area contributed by atoms with Gasteiger partial charge in [0.1, 0.15) is 5.82 Å². The number of rotatable bonds is 7. The first-order valence-electron chi connectivity index (χ1n) is 9.59. The van der Waals surface area contributed by atoms with Crippen LogP contribution in [0.1, 0.15) is 30.9 Å². The molecule has 0 radical (unpaired) electrons. The molecule has 0 unspecified atom stereocenters. The first-order valence-corrected chi connectivity index (χ1v) is 9.59. The maximum absolute atomic E-state index is 5.80. The molecule has 0 bridgehead atoms. The van der Waals surface area contributed by atoms with Crippen LogP contribution in [0.3, 0.4) is 0 Å². The molecule has 0 spiro atoms. The van der Waals surface area contributed by atoms with E-state index in [0.29, 0.717) is 18.5 Å². The average Bonchev–Trinajstić information content (AvgIpc) is 2.67. The highest BCUT2D eigenvalue weighted by atomic mass is 16.5. The van der Waals surface area contributed by atoms with Gasteiger partial charge < -0.3 is 20.5 Å². The van der Waals surface area contributed by atoms with E-state index in [1.807, 2.05) is 26.1 Å². The number of nitrogens with two attached hydrogens (primary N) is 1. The Kier molecular flexibility index (Phi) is 6.40. The Labute approximate surface area is 161 Å². The highest BCUT2D eigenvalue weighted by Gasteiger charge is 2.20. The van der Waals surface area contributed by atoms with E-state index in [-0.39, 0.29) is 0 Å². The molecule has 2 aromatic rings. The topological polar surface area (TPSA) is 72.6 Å². The van der Waals surface area contributed by atoms with Crippen molar-refractivity contribution < 1.29 is 9.47 Å². The van der Waals surface area contributed by atoms with E-state index in [9.17, 15) is 0 Å². The third kappa shape index (κ3) is 5.04. The van der Waals surface area contributed by atoms with Crippen molar-refractivity contribution >= 4 is 11.5 Å². The van der Waals surface area contributed by atoms with Crippen LogP contribution < -0.4 is 20.5 Å². The Balaban J connectivity index is 1.53. The van der Waals surface area contributed by atoms with Crippen molar-refractivity contribution in [2.24, 2.45) is 0 Å². The fourth-order valence-electron chi connectivity index (χ4n) is 3.48. The predicted molar refractivity (Wildman–Crippen MR) is 109 cm³/mol. The van der Waals surface area contributed by atoms with E-state index in [2.05, 4.69) is 33.4 Å². The third-order valence-electron chi connectivity index (χ3n) is 5.01. The van der Waals surface area contributed by atoms with E-state index in [1.165, 1.54) is 5.56 Å². The largest absolute Gasteiger partial charge is 0.493 e. The van der Waals surface area contributed by atoms with Gasteiger partial charge in [0.05, 0.1) is 25.6 Å². The van der Waals surface area contributed by atoms with Crippen LogP contribution in [0.15, 0.2) is 30.5 Å². The summed E-state index contributed by atoms with van der Waals surface area (Å²) in [5.74, 6) is 2.21. The van der Waals surface area contributed by atoms with Crippen LogP contribution in [-0.4, -0.2) is 42.7 Å². The lowest BCUT2D eigenvalue weighted by molar-refractivity contribution is 0.211. The predicted octanol–water partition coefficient (Wildman–Crippen LogP) is 3.46. The molecule has 6 heteroatoms. The van der Waals surface area contributed by atoms with Crippen molar-refractivity contribution in [3.63, 3.8) is 0 Å². The Hall–Kier alpha value is -2.47. The van der Waals surface area contributed by atoms with Crippen molar-refractivity contribution in [1.29, 1.82) is 0 Å². The highest BCUT2D eigenvalue weighted by molar-refractivity contribution is 5.51. The van der Waals surface area contributed by atoms with Crippen molar-refractivity contribution in [3.05, 3.63) is 41.6 Å². The van der Waals surface area contributed by atoms with Gasteiger partial charge in [0, 0.05) is 25.7 Å². The number of hydrogen-bond donors (Lipinski definition) is 2. The molecule has 6 nitrogen and oxygen atoms in total. The Morgan fingerprint density at radius 2 is 2.00 bits per heavy atom. The number of benzene rings is 1. The number of aryl methyl sites for hydroxylation is 1. The highest BCUT2D eigenvalue weighted by Crippen LogP contribution is 2.29. The maximum Gasteiger partial charge on any atom is 0.161 e. The van der Waals surface area contributed by atoms with Crippen LogP contribution in [-0.2, 0) is 6.54 Å². The number of anilines is 2. The van der Waals surface area contributed by atoms with Crippen molar-refractivity contribution in [1.82, 2.24) is 9.88 Å². The SMILES string of the molecule is CCOc1cc(CN2CCC(Nc3cnc(N)c(C)c3)CC2)ccc1OC. The molecule has 3 N–H and O–H groups in total. The molecule has 2 heterocycles. The van der Waals surface area contributed by atoms with Crippen LogP contribution in [0.25, 0.3) is 0 Å². The molecule has 1 aliphatic rings. The van der Waals surface area contributed by atoms with Gasteiger partial charge in [-0.1, -0.05) is 6.07 Å². The van der Waals surface area contributed by atoms with Crippen molar-refractivity contribution in [3.8, 4) is 11.5 Å². The molecule has 1 saturated heterocycles. The standard InChI is InChI=1S/C21H30N4O2/c1-4-27-20-12-16(5-6-19(20)26-3)14-25-9-7-17(8-10-25)24-18-11-15(2)21(22)23-13-18/h5-6,11-13,17,24H,4,7-10,14H2,1-3H3,(H2,22,23). The van der Waals surface area contributed by atoms with Gasteiger partial charge in [-0.15, -0.1) is 0 Å². The number of hydrogen-bond acceptors (Lipinski definition) is 6. The molecule has 0 aliphatic carbocycles. The summed E-state index contributed by atoms with van der Waals surface area (Å²) in [7, 11) is 1.67. The average molecular weight is 370 g/mol. The molecular formula is C21H30N4O2. The van der Waals surface area contributed by atoms with E-state index in [1.54, 1.807) is 7.11 Å². The summed E-state index contributed by atoms with van der Waals surface area (Å²) in [4.78, 5) is 6.72. The van der Waals surface area contributed by atoms with Gasteiger partial charge in [-0.2, -0.15) is 0 Å². The number of pyridine rings is 1. The molecule has 1 aromatic heterocycles. The molecule has 1 fully saturated rings. The summed E-state index contributed by atoms with van der Waals surface area (Å²) in [6.07, 6.45) is 4.04. The van der Waals surface area contributed by atoms with E-state index >= 15 is 0 Å². The number of ether oxygens (including phenoxy) is 2. The molecule has 0 saturated carbocycles. The zero-order chi connectivity index (χ0) is 19.2. The molecule has 0 atom stereocenters. The molecule has 0 amide bonds. The molecular weight excluding hydrogens is 340 g/mol.